The van der Waals surface area contributed by atoms with E-state index < -0.39 is 0 Å². The minimum atomic E-state index is 0.623. The second-order valence-electron chi connectivity index (χ2n) is 3.50. The average Bonchev–Trinajstić information content (AvgIpc) is 2.59. The molecule has 0 bridgehead atoms. The molecule has 0 radical (unpaired) electrons. The number of rotatable bonds is 2. The van der Waals surface area contributed by atoms with Gasteiger partial charge in [0.05, 0.1) is 11.1 Å². The summed E-state index contributed by atoms with van der Waals surface area (Å²) < 4.78 is 0. The molecule has 0 aliphatic carbocycles. The molecule has 0 atom stereocenters. The molecule has 0 saturated heterocycles. The highest BCUT2D eigenvalue weighted by Gasteiger charge is 2.04. The van der Waals surface area contributed by atoms with E-state index in [-0.39, 0.29) is 0 Å². The molecule has 3 nitrogen and oxygen atoms in total. The predicted molar refractivity (Wildman–Crippen MR) is 63.0 cm³/mol. The van der Waals surface area contributed by atoms with Crippen LogP contribution in [0.1, 0.15) is 11.1 Å². The van der Waals surface area contributed by atoms with Crippen LogP contribution >= 0.6 is 11.8 Å². The third-order valence-corrected chi connectivity index (χ3v) is 3.37. The van der Waals surface area contributed by atoms with Gasteiger partial charge in [-0.1, -0.05) is 17.8 Å². The van der Waals surface area contributed by atoms with Crippen LogP contribution in [0.5, 0.6) is 0 Å². The maximum Gasteiger partial charge on any atom is 0.133 e. The van der Waals surface area contributed by atoms with E-state index in [0.29, 0.717) is 5.82 Å². The number of aromatic amines is 1. The molecular weight excluding hydrogens is 206 g/mol. The van der Waals surface area contributed by atoms with Crippen LogP contribution in [0.3, 0.4) is 0 Å². The molecule has 1 aromatic heterocycles. The summed E-state index contributed by atoms with van der Waals surface area (Å²) in [5.74, 6) is 0.623. The van der Waals surface area contributed by atoms with Crippen LogP contribution in [0.2, 0.25) is 0 Å². The number of aryl methyl sites for hydroxylation is 2. The first-order valence-corrected chi connectivity index (χ1v) is 5.52. The van der Waals surface area contributed by atoms with Gasteiger partial charge in [-0.15, -0.1) is 0 Å². The fourth-order valence-electron chi connectivity index (χ4n) is 1.27. The van der Waals surface area contributed by atoms with Crippen molar-refractivity contribution in [1.82, 2.24) is 10.2 Å². The highest BCUT2D eigenvalue weighted by Crippen LogP contribution is 2.31. The van der Waals surface area contributed by atoms with Gasteiger partial charge in [-0.3, -0.25) is 5.10 Å². The van der Waals surface area contributed by atoms with Crippen LogP contribution in [0.15, 0.2) is 34.2 Å². The van der Waals surface area contributed by atoms with Gasteiger partial charge in [-0.2, -0.15) is 5.10 Å². The molecular formula is C11H13N3S. The van der Waals surface area contributed by atoms with Crippen LogP contribution in [-0.2, 0) is 0 Å². The summed E-state index contributed by atoms with van der Waals surface area (Å²) in [7, 11) is 0. The third kappa shape index (κ3) is 2.15. The van der Waals surface area contributed by atoms with Crippen LogP contribution in [-0.4, -0.2) is 10.2 Å². The van der Waals surface area contributed by atoms with Gasteiger partial charge in [-0.25, -0.2) is 0 Å². The fraction of sp³-hybridized carbons (Fsp3) is 0.182. The van der Waals surface area contributed by atoms with Crippen molar-refractivity contribution < 1.29 is 0 Å². The first kappa shape index (κ1) is 10.1. The summed E-state index contributed by atoms with van der Waals surface area (Å²) in [6.45, 7) is 4.22. The summed E-state index contributed by atoms with van der Waals surface area (Å²) >= 11 is 1.62. The lowest BCUT2D eigenvalue weighted by atomic mass is 10.1. The molecule has 1 aromatic carbocycles. The van der Waals surface area contributed by atoms with E-state index >= 15 is 0 Å². The third-order valence-electron chi connectivity index (χ3n) is 2.34. The lowest BCUT2D eigenvalue weighted by molar-refractivity contribution is 1.10. The number of benzene rings is 1. The van der Waals surface area contributed by atoms with Crippen molar-refractivity contribution in [1.29, 1.82) is 0 Å². The largest absolute Gasteiger partial charge is 0.383 e. The van der Waals surface area contributed by atoms with Crippen LogP contribution in [0.4, 0.5) is 5.82 Å². The standard InChI is InChI=1S/C11H13N3S/c1-7-3-4-9(5-8(7)2)15-10-6-13-14-11(10)12/h3-6H,1-2H3,(H3,12,13,14). The number of nitrogen functional groups attached to an aromatic ring is 1. The highest BCUT2D eigenvalue weighted by atomic mass is 32.2. The lowest BCUT2D eigenvalue weighted by Crippen LogP contribution is -1.86. The molecule has 0 amide bonds. The molecule has 0 fully saturated rings. The molecule has 0 saturated carbocycles. The summed E-state index contributed by atoms with van der Waals surface area (Å²) in [4.78, 5) is 2.16. The number of H-pyrrole nitrogens is 1. The van der Waals surface area contributed by atoms with E-state index in [1.807, 2.05) is 0 Å². The zero-order valence-corrected chi connectivity index (χ0v) is 9.56. The van der Waals surface area contributed by atoms with E-state index in [9.17, 15) is 0 Å². The average molecular weight is 219 g/mol. The van der Waals surface area contributed by atoms with E-state index in [1.165, 1.54) is 16.0 Å². The van der Waals surface area contributed by atoms with Gasteiger partial charge in [0.1, 0.15) is 5.82 Å². The number of nitrogens with zero attached hydrogens (tertiary/aromatic N) is 1. The van der Waals surface area contributed by atoms with Crippen LogP contribution < -0.4 is 5.73 Å². The van der Waals surface area contributed by atoms with E-state index in [1.54, 1.807) is 18.0 Å². The van der Waals surface area contributed by atoms with Crippen LogP contribution in [0, 0.1) is 13.8 Å². The van der Waals surface area contributed by atoms with Gasteiger partial charge in [0.25, 0.3) is 0 Å². The van der Waals surface area contributed by atoms with Crippen molar-refractivity contribution in [3.8, 4) is 0 Å². The summed E-state index contributed by atoms with van der Waals surface area (Å²) in [6.07, 6.45) is 1.75. The topological polar surface area (TPSA) is 54.7 Å². The SMILES string of the molecule is Cc1ccc(Sc2cn[nH]c2N)cc1C. The minimum absolute atomic E-state index is 0.623. The van der Waals surface area contributed by atoms with Crippen molar-refractivity contribution in [3.63, 3.8) is 0 Å². The molecule has 0 spiro atoms. The van der Waals surface area contributed by atoms with Gasteiger partial charge in [0, 0.05) is 4.90 Å². The van der Waals surface area contributed by atoms with Gasteiger partial charge in [-0.05, 0) is 37.1 Å². The van der Waals surface area contributed by atoms with Crippen molar-refractivity contribution >= 4 is 17.6 Å². The zero-order valence-electron chi connectivity index (χ0n) is 8.74. The Kier molecular flexibility index (Phi) is 2.68. The molecule has 15 heavy (non-hydrogen) atoms. The highest BCUT2D eigenvalue weighted by molar-refractivity contribution is 7.99. The maximum absolute atomic E-state index is 5.72. The smallest absolute Gasteiger partial charge is 0.133 e. The van der Waals surface area contributed by atoms with E-state index in [4.69, 9.17) is 5.73 Å². The molecule has 3 N–H and O–H groups in total. The van der Waals surface area contributed by atoms with Crippen molar-refractivity contribution in [2.45, 2.75) is 23.6 Å². The molecule has 4 heteroatoms. The first-order chi connectivity index (χ1) is 7.16. The van der Waals surface area contributed by atoms with Crippen molar-refractivity contribution in [2.24, 2.45) is 0 Å². The molecule has 0 aliphatic rings. The number of nitrogens with two attached hydrogens (primary N) is 1. The first-order valence-electron chi connectivity index (χ1n) is 4.71. The lowest BCUT2D eigenvalue weighted by Gasteiger charge is -2.03. The number of anilines is 1. The molecule has 2 rings (SSSR count). The quantitative estimate of drug-likeness (QED) is 0.816. The fourth-order valence-corrected chi connectivity index (χ4v) is 2.16. The van der Waals surface area contributed by atoms with Gasteiger partial charge >= 0.3 is 0 Å². The summed E-state index contributed by atoms with van der Waals surface area (Å²) in [5.41, 5.74) is 8.32. The summed E-state index contributed by atoms with van der Waals surface area (Å²) in [5, 5.41) is 6.61. The Morgan fingerprint density at radius 1 is 1.27 bits per heavy atom. The molecule has 2 aromatic rings. The number of hydrogen-bond donors (Lipinski definition) is 2. The Labute approximate surface area is 93.1 Å². The number of nitrogens with one attached hydrogen (secondary N) is 1. The minimum Gasteiger partial charge on any atom is -0.383 e. The van der Waals surface area contributed by atoms with Gasteiger partial charge in [0.2, 0.25) is 0 Å². The number of aromatic nitrogens is 2. The second kappa shape index (κ2) is 3.98. The Morgan fingerprint density at radius 2 is 2.07 bits per heavy atom. The van der Waals surface area contributed by atoms with E-state index in [2.05, 4.69) is 42.2 Å². The Balaban J connectivity index is 2.25. The second-order valence-corrected chi connectivity index (χ2v) is 4.61. The van der Waals surface area contributed by atoms with Crippen LogP contribution in [0.25, 0.3) is 0 Å². The molecule has 78 valence electrons. The van der Waals surface area contributed by atoms with Gasteiger partial charge < -0.3 is 5.73 Å². The molecule has 0 unspecified atom stereocenters. The van der Waals surface area contributed by atoms with Gasteiger partial charge in [0.15, 0.2) is 0 Å². The zero-order chi connectivity index (χ0) is 10.8. The number of hydrogen-bond acceptors (Lipinski definition) is 3. The maximum atomic E-state index is 5.72. The Morgan fingerprint density at radius 3 is 2.67 bits per heavy atom. The Hall–Kier alpha value is -1.42. The van der Waals surface area contributed by atoms with E-state index in [0.717, 1.165) is 4.90 Å². The Bertz CT molecular complexity index is 476. The summed E-state index contributed by atoms with van der Waals surface area (Å²) in [6, 6.07) is 6.37. The molecule has 0 aliphatic heterocycles. The predicted octanol–water partition coefficient (Wildman–Crippen LogP) is 2.76. The monoisotopic (exact) mass is 219 g/mol. The molecule has 1 heterocycles. The normalized spacial score (nSPS) is 10.5. The van der Waals surface area contributed by atoms with Crippen molar-refractivity contribution in [3.05, 3.63) is 35.5 Å². The van der Waals surface area contributed by atoms with Crippen molar-refractivity contribution in [2.75, 3.05) is 5.73 Å².